The SMILES string of the molecule is CC=CC(=O)NCC#Cc1ccc2ncnc(Nc3ccc4c(cnn4Cc4cccc(F)c4)c3)c2c1. The lowest BCUT2D eigenvalue weighted by Gasteiger charge is -2.09. The molecule has 2 N–H and O–H groups in total. The highest BCUT2D eigenvalue weighted by molar-refractivity contribution is 5.93. The highest BCUT2D eigenvalue weighted by atomic mass is 19.1. The molecule has 0 aliphatic heterocycles. The zero-order chi connectivity index (χ0) is 25.6. The van der Waals surface area contributed by atoms with E-state index in [4.69, 9.17) is 0 Å². The predicted molar refractivity (Wildman–Crippen MR) is 143 cm³/mol. The lowest BCUT2D eigenvalue weighted by molar-refractivity contribution is -0.116. The maximum absolute atomic E-state index is 13.6. The Morgan fingerprint density at radius 2 is 2.03 bits per heavy atom. The van der Waals surface area contributed by atoms with Gasteiger partial charge in [-0.1, -0.05) is 30.0 Å². The molecule has 0 radical (unpaired) electrons. The van der Waals surface area contributed by atoms with Crippen molar-refractivity contribution >= 4 is 39.2 Å². The van der Waals surface area contributed by atoms with Gasteiger partial charge in [0.15, 0.2) is 0 Å². The van der Waals surface area contributed by atoms with E-state index in [-0.39, 0.29) is 18.3 Å². The van der Waals surface area contributed by atoms with Crippen LogP contribution in [0.3, 0.4) is 0 Å². The molecule has 0 fully saturated rings. The molecule has 0 unspecified atom stereocenters. The third-order valence-electron chi connectivity index (χ3n) is 5.66. The summed E-state index contributed by atoms with van der Waals surface area (Å²) in [7, 11) is 0. The monoisotopic (exact) mass is 490 g/mol. The third kappa shape index (κ3) is 5.63. The van der Waals surface area contributed by atoms with Gasteiger partial charge in [0, 0.05) is 22.0 Å². The molecule has 0 atom stereocenters. The molecule has 5 aromatic rings. The van der Waals surface area contributed by atoms with E-state index in [0.29, 0.717) is 12.4 Å². The predicted octanol–water partition coefficient (Wildman–Crippen LogP) is 4.95. The molecule has 0 spiro atoms. The van der Waals surface area contributed by atoms with E-state index in [0.717, 1.165) is 38.6 Å². The van der Waals surface area contributed by atoms with Crippen molar-refractivity contribution in [1.82, 2.24) is 25.1 Å². The van der Waals surface area contributed by atoms with Gasteiger partial charge in [0.1, 0.15) is 18.0 Å². The van der Waals surface area contributed by atoms with Gasteiger partial charge in [-0.05, 0) is 67.1 Å². The molecule has 0 saturated carbocycles. The van der Waals surface area contributed by atoms with E-state index < -0.39 is 0 Å². The summed E-state index contributed by atoms with van der Waals surface area (Å²) >= 11 is 0. The third-order valence-corrected chi connectivity index (χ3v) is 5.66. The van der Waals surface area contributed by atoms with Crippen LogP contribution >= 0.6 is 0 Å². The van der Waals surface area contributed by atoms with Crippen LogP contribution in [0.1, 0.15) is 18.1 Å². The minimum absolute atomic E-state index is 0.174. The number of hydrogen-bond donors (Lipinski definition) is 2. The van der Waals surface area contributed by atoms with Crippen molar-refractivity contribution in [1.29, 1.82) is 0 Å². The molecule has 2 aromatic heterocycles. The number of aromatic nitrogens is 4. The first-order chi connectivity index (χ1) is 18.1. The van der Waals surface area contributed by atoms with Crippen LogP contribution in [0.2, 0.25) is 0 Å². The molecule has 182 valence electrons. The summed E-state index contributed by atoms with van der Waals surface area (Å²) in [6.07, 6.45) is 6.44. The number of fused-ring (bicyclic) bond motifs is 2. The van der Waals surface area contributed by atoms with Crippen LogP contribution in [0.5, 0.6) is 0 Å². The van der Waals surface area contributed by atoms with Gasteiger partial charge in [-0.25, -0.2) is 14.4 Å². The molecule has 3 aromatic carbocycles. The molecular weight excluding hydrogens is 467 g/mol. The van der Waals surface area contributed by atoms with Crippen molar-refractivity contribution < 1.29 is 9.18 Å². The van der Waals surface area contributed by atoms with Crippen LogP contribution in [-0.2, 0) is 11.3 Å². The molecule has 7 nitrogen and oxygen atoms in total. The average molecular weight is 491 g/mol. The fraction of sp³-hybridized carbons (Fsp3) is 0.103. The van der Waals surface area contributed by atoms with Crippen LogP contribution in [0, 0.1) is 17.7 Å². The maximum atomic E-state index is 13.6. The molecule has 0 aliphatic carbocycles. The van der Waals surface area contributed by atoms with Gasteiger partial charge in [0.05, 0.1) is 30.3 Å². The van der Waals surface area contributed by atoms with E-state index in [2.05, 4.69) is 37.5 Å². The van der Waals surface area contributed by atoms with Crippen LogP contribution in [0.25, 0.3) is 21.8 Å². The zero-order valence-corrected chi connectivity index (χ0v) is 20.1. The van der Waals surface area contributed by atoms with E-state index in [1.807, 2.05) is 47.1 Å². The molecule has 2 heterocycles. The summed E-state index contributed by atoms with van der Waals surface area (Å²) in [5.41, 5.74) is 4.22. The molecule has 5 rings (SSSR count). The van der Waals surface area contributed by atoms with Gasteiger partial charge in [0.25, 0.3) is 0 Å². The Hall–Kier alpha value is -5.03. The highest BCUT2D eigenvalue weighted by Crippen LogP contribution is 2.26. The summed E-state index contributed by atoms with van der Waals surface area (Å²) in [4.78, 5) is 20.3. The van der Waals surface area contributed by atoms with Crippen LogP contribution in [0.4, 0.5) is 15.9 Å². The Labute approximate surface area is 213 Å². The lowest BCUT2D eigenvalue weighted by atomic mass is 10.1. The van der Waals surface area contributed by atoms with Gasteiger partial charge in [-0.15, -0.1) is 0 Å². The van der Waals surface area contributed by atoms with Crippen molar-refractivity contribution in [3.8, 4) is 11.8 Å². The highest BCUT2D eigenvalue weighted by Gasteiger charge is 2.08. The number of amides is 1. The number of anilines is 2. The first-order valence-corrected chi connectivity index (χ1v) is 11.7. The second-order valence-corrected chi connectivity index (χ2v) is 8.30. The normalized spacial score (nSPS) is 11.0. The minimum Gasteiger partial charge on any atom is -0.342 e. The molecule has 0 saturated heterocycles. The largest absolute Gasteiger partial charge is 0.342 e. The van der Waals surface area contributed by atoms with E-state index in [1.165, 1.54) is 24.5 Å². The second kappa shape index (κ2) is 10.7. The number of allylic oxidation sites excluding steroid dienone is 1. The number of rotatable bonds is 6. The van der Waals surface area contributed by atoms with E-state index >= 15 is 0 Å². The van der Waals surface area contributed by atoms with Crippen molar-refractivity contribution in [2.45, 2.75) is 13.5 Å². The second-order valence-electron chi connectivity index (χ2n) is 8.30. The smallest absolute Gasteiger partial charge is 0.244 e. The quantitative estimate of drug-likeness (QED) is 0.260. The van der Waals surface area contributed by atoms with Gasteiger partial charge >= 0.3 is 0 Å². The summed E-state index contributed by atoms with van der Waals surface area (Å²) in [6.45, 7) is 2.52. The molecule has 8 heteroatoms. The number of hydrogen-bond acceptors (Lipinski definition) is 5. The fourth-order valence-electron chi connectivity index (χ4n) is 3.96. The van der Waals surface area contributed by atoms with E-state index in [9.17, 15) is 9.18 Å². The van der Waals surface area contributed by atoms with Crippen LogP contribution in [-0.4, -0.2) is 32.2 Å². The molecule has 0 aliphatic rings. The summed E-state index contributed by atoms with van der Waals surface area (Å²) in [6, 6.07) is 18.2. The number of carbonyl (C=O) groups excluding carboxylic acids is 1. The number of nitrogens with zero attached hydrogens (tertiary/aromatic N) is 4. The Morgan fingerprint density at radius 1 is 1.11 bits per heavy atom. The number of carbonyl (C=O) groups is 1. The Balaban J connectivity index is 1.36. The first-order valence-electron chi connectivity index (χ1n) is 11.7. The van der Waals surface area contributed by atoms with Gasteiger partial charge in [-0.3, -0.25) is 9.48 Å². The van der Waals surface area contributed by atoms with Crippen molar-refractivity contribution in [3.63, 3.8) is 0 Å². The van der Waals surface area contributed by atoms with Crippen molar-refractivity contribution in [3.05, 3.63) is 102 Å². The van der Waals surface area contributed by atoms with Crippen LogP contribution < -0.4 is 10.6 Å². The minimum atomic E-state index is -0.261. The van der Waals surface area contributed by atoms with Gasteiger partial charge in [0.2, 0.25) is 5.91 Å². The first kappa shape index (κ1) is 23.7. The fourth-order valence-corrected chi connectivity index (χ4v) is 3.96. The summed E-state index contributed by atoms with van der Waals surface area (Å²) < 4.78 is 15.4. The Kier molecular flexibility index (Phi) is 6.86. The lowest BCUT2D eigenvalue weighted by Crippen LogP contribution is -2.20. The van der Waals surface area contributed by atoms with Gasteiger partial charge in [-0.2, -0.15) is 5.10 Å². The Morgan fingerprint density at radius 3 is 2.89 bits per heavy atom. The average Bonchev–Trinajstić information content (AvgIpc) is 3.29. The number of nitrogens with one attached hydrogen (secondary N) is 2. The number of benzene rings is 3. The zero-order valence-electron chi connectivity index (χ0n) is 20.1. The summed E-state index contributed by atoms with van der Waals surface area (Å²) in [5, 5.41) is 12.3. The topological polar surface area (TPSA) is 84.7 Å². The standard InChI is InChI=1S/C29H23FN6O/c1-2-5-28(37)31-13-4-7-20-9-11-26-25(15-20)29(33-19-32-26)35-24-10-12-27-22(16-24)17-34-36(27)18-21-6-3-8-23(30)14-21/h2-3,5-6,8-12,14-17,19H,13,18H2,1H3,(H,31,37)(H,32,33,35). The van der Waals surface area contributed by atoms with Crippen LogP contribution in [0.15, 0.2) is 85.3 Å². The summed E-state index contributed by atoms with van der Waals surface area (Å²) in [5.74, 6) is 6.25. The molecule has 0 bridgehead atoms. The molecule has 37 heavy (non-hydrogen) atoms. The van der Waals surface area contributed by atoms with Crippen molar-refractivity contribution in [2.24, 2.45) is 0 Å². The number of halogens is 1. The molecule has 1 amide bonds. The Bertz CT molecular complexity index is 1700. The van der Waals surface area contributed by atoms with Gasteiger partial charge < -0.3 is 10.6 Å². The maximum Gasteiger partial charge on any atom is 0.244 e. The van der Waals surface area contributed by atoms with Crippen molar-refractivity contribution in [2.75, 3.05) is 11.9 Å². The molecular formula is C29H23FN6O. The van der Waals surface area contributed by atoms with E-state index in [1.54, 1.807) is 25.3 Å².